The molecule has 0 fully saturated rings. The predicted octanol–water partition coefficient (Wildman–Crippen LogP) is 3.69. The highest BCUT2D eigenvalue weighted by molar-refractivity contribution is 5.96. The van der Waals surface area contributed by atoms with Crippen LogP contribution in [-0.4, -0.2) is 34.7 Å². The number of hydrogen-bond acceptors (Lipinski definition) is 3. The zero-order valence-electron chi connectivity index (χ0n) is 17.0. The van der Waals surface area contributed by atoms with Crippen molar-refractivity contribution in [3.05, 3.63) is 107 Å². The molecule has 0 saturated carbocycles. The second kappa shape index (κ2) is 9.10. The predicted molar refractivity (Wildman–Crippen MR) is 123 cm³/mol. The standard InChI is InChI=1S/C26H22N4O/c27-25(28)23-8-4-7-22(16-23)21-11-13-30(14-12-21)26(31)24-15-20(17-29-18-24)10-9-19-5-2-1-3-6-19/h1-8,11,15-18H,12-14H2,(H3,27,28). The Morgan fingerprint density at radius 3 is 2.52 bits per heavy atom. The molecule has 2 heterocycles. The topological polar surface area (TPSA) is 83.1 Å². The third-order valence-corrected chi connectivity index (χ3v) is 5.15. The molecular formula is C26H22N4O. The molecule has 1 aliphatic heterocycles. The fourth-order valence-electron chi connectivity index (χ4n) is 3.48. The van der Waals surface area contributed by atoms with Gasteiger partial charge in [-0.2, -0.15) is 0 Å². The summed E-state index contributed by atoms with van der Waals surface area (Å²) in [7, 11) is 0. The maximum absolute atomic E-state index is 13.0. The molecule has 4 rings (SSSR count). The summed E-state index contributed by atoms with van der Waals surface area (Å²) in [6, 6.07) is 19.2. The Labute approximate surface area is 181 Å². The van der Waals surface area contributed by atoms with E-state index in [1.54, 1.807) is 18.5 Å². The maximum atomic E-state index is 13.0. The third kappa shape index (κ3) is 4.88. The zero-order chi connectivity index (χ0) is 21.6. The number of nitrogen functional groups attached to an aromatic ring is 1. The number of aromatic nitrogens is 1. The van der Waals surface area contributed by atoms with E-state index >= 15 is 0 Å². The normalized spacial score (nSPS) is 13.0. The number of rotatable bonds is 3. The van der Waals surface area contributed by atoms with Gasteiger partial charge < -0.3 is 10.6 Å². The molecule has 152 valence electrons. The lowest BCUT2D eigenvalue weighted by atomic mass is 9.97. The van der Waals surface area contributed by atoms with Gasteiger partial charge in [-0.15, -0.1) is 0 Å². The van der Waals surface area contributed by atoms with Crippen molar-refractivity contribution in [2.75, 3.05) is 13.1 Å². The molecule has 0 spiro atoms. The number of amides is 1. The van der Waals surface area contributed by atoms with Crippen LogP contribution in [0.1, 0.15) is 39.0 Å². The highest BCUT2D eigenvalue weighted by atomic mass is 16.2. The first kappa shape index (κ1) is 20.1. The molecule has 0 saturated heterocycles. The quantitative estimate of drug-likeness (QED) is 0.395. The average Bonchev–Trinajstić information content (AvgIpc) is 2.83. The fraction of sp³-hybridized carbons (Fsp3) is 0.115. The minimum absolute atomic E-state index is 0.0522. The van der Waals surface area contributed by atoms with E-state index in [1.165, 1.54) is 0 Å². The molecule has 2 aromatic carbocycles. The number of pyridine rings is 1. The number of carbonyl (C=O) groups excluding carboxylic acids is 1. The summed E-state index contributed by atoms with van der Waals surface area (Å²) >= 11 is 0. The average molecular weight is 406 g/mol. The van der Waals surface area contributed by atoms with Gasteiger partial charge in [0, 0.05) is 42.2 Å². The Morgan fingerprint density at radius 2 is 1.77 bits per heavy atom. The van der Waals surface area contributed by atoms with Gasteiger partial charge in [0.05, 0.1) is 5.56 Å². The Bertz CT molecular complexity index is 1220. The van der Waals surface area contributed by atoms with E-state index in [0.717, 1.165) is 23.1 Å². The SMILES string of the molecule is N=C(N)c1cccc(C2=CCN(C(=O)c3cncc(C#Cc4ccccc4)c3)CC2)c1. The van der Waals surface area contributed by atoms with Crippen LogP contribution in [-0.2, 0) is 0 Å². The van der Waals surface area contributed by atoms with E-state index < -0.39 is 0 Å². The molecule has 31 heavy (non-hydrogen) atoms. The second-order valence-electron chi connectivity index (χ2n) is 7.30. The van der Waals surface area contributed by atoms with Gasteiger partial charge in [-0.25, -0.2) is 0 Å². The minimum atomic E-state index is -0.0522. The Hall–Kier alpha value is -4.17. The molecule has 0 aliphatic carbocycles. The van der Waals surface area contributed by atoms with Crippen LogP contribution in [0.25, 0.3) is 5.57 Å². The van der Waals surface area contributed by atoms with Gasteiger partial charge in [0.25, 0.3) is 5.91 Å². The fourth-order valence-corrected chi connectivity index (χ4v) is 3.48. The first-order chi connectivity index (χ1) is 15.1. The highest BCUT2D eigenvalue weighted by Gasteiger charge is 2.20. The van der Waals surface area contributed by atoms with Crippen LogP contribution in [0.2, 0.25) is 0 Å². The van der Waals surface area contributed by atoms with Crippen LogP contribution in [0.15, 0.2) is 79.1 Å². The molecule has 0 bridgehead atoms. The van der Waals surface area contributed by atoms with Crippen molar-refractivity contribution in [3.8, 4) is 11.8 Å². The van der Waals surface area contributed by atoms with E-state index in [1.807, 2.05) is 59.5 Å². The third-order valence-electron chi connectivity index (χ3n) is 5.15. The van der Waals surface area contributed by atoms with Crippen molar-refractivity contribution in [1.82, 2.24) is 9.88 Å². The first-order valence-electron chi connectivity index (χ1n) is 10.1. The van der Waals surface area contributed by atoms with Crippen LogP contribution < -0.4 is 5.73 Å². The van der Waals surface area contributed by atoms with E-state index in [4.69, 9.17) is 11.1 Å². The number of carbonyl (C=O) groups is 1. The number of nitrogens with one attached hydrogen (secondary N) is 1. The molecule has 1 aliphatic rings. The van der Waals surface area contributed by atoms with Gasteiger partial charge in [-0.1, -0.05) is 54.3 Å². The number of amidine groups is 1. The Morgan fingerprint density at radius 1 is 0.968 bits per heavy atom. The molecule has 0 unspecified atom stereocenters. The van der Waals surface area contributed by atoms with Gasteiger partial charge in [0.15, 0.2) is 0 Å². The van der Waals surface area contributed by atoms with E-state index in [-0.39, 0.29) is 11.7 Å². The molecule has 0 radical (unpaired) electrons. The summed E-state index contributed by atoms with van der Waals surface area (Å²) in [5.41, 5.74) is 10.7. The summed E-state index contributed by atoms with van der Waals surface area (Å²) in [5, 5.41) is 7.62. The lowest BCUT2D eigenvalue weighted by molar-refractivity contribution is 0.0772. The van der Waals surface area contributed by atoms with Gasteiger partial charge >= 0.3 is 0 Å². The molecule has 5 heteroatoms. The molecule has 3 N–H and O–H groups in total. The van der Waals surface area contributed by atoms with Crippen LogP contribution in [0, 0.1) is 17.3 Å². The Kier molecular flexibility index (Phi) is 5.91. The van der Waals surface area contributed by atoms with Gasteiger partial charge in [-0.3, -0.25) is 15.2 Å². The summed E-state index contributed by atoms with van der Waals surface area (Å²) in [5.74, 6) is 6.18. The van der Waals surface area contributed by atoms with Crippen molar-refractivity contribution < 1.29 is 4.79 Å². The van der Waals surface area contributed by atoms with Crippen molar-refractivity contribution >= 4 is 17.3 Å². The van der Waals surface area contributed by atoms with Crippen LogP contribution in [0.5, 0.6) is 0 Å². The van der Waals surface area contributed by atoms with Gasteiger partial charge in [0.1, 0.15) is 5.84 Å². The van der Waals surface area contributed by atoms with E-state index in [0.29, 0.717) is 29.8 Å². The largest absolute Gasteiger partial charge is 0.384 e. The van der Waals surface area contributed by atoms with E-state index in [9.17, 15) is 4.79 Å². The number of nitrogens with zero attached hydrogens (tertiary/aromatic N) is 2. The summed E-state index contributed by atoms with van der Waals surface area (Å²) < 4.78 is 0. The molecule has 1 amide bonds. The summed E-state index contributed by atoms with van der Waals surface area (Å²) in [6.45, 7) is 1.15. The number of hydrogen-bond donors (Lipinski definition) is 2. The minimum Gasteiger partial charge on any atom is -0.384 e. The molecular weight excluding hydrogens is 384 g/mol. The Balaban J connectivity index is 1.47. The van der Waals surface area contributed by atoms with Gasteiger partial charge in [0.2, 0.25) is 0 Å². The van der Waals surface area contributed by atoms with Gasteiger partial charge in [-0.05, 0) is 41.8 Å². The van der Waals surface area contributed by atoms with Crippen molar-refractivity contribution in [3.63, 3.8) is 0 Å². The van der Waals surface area contributed by atoms with Crippen LogP contribution in [0.3, 0.4) is 0 Å². The lowest BCUT2D eigenvalue weighted by Crippen LogP contribution is -2.34. The van der Waals surface area contributed by atoms with Crippen molar-refractivity contribution in [2.45, 2.75) is 6.42 Å². The van der Waals surface area contributed by atoms with Crippen molar-refractivity contribution in [1.29, 1.82) is 5.41 Å². The molecule has 0 atom stereocenters. The zero-order valence-corrected chi connectivity index (χ0v) is 17.0. The summed E-state index contributed by atoms with van der Waals surface area (Å²) in [6.07, 6.45) is 6.07. The molecule has 5 nitrogen and oxygen atoms in total. The molecule has 3 aromatic rings. The van der Waals surface area contributed by atoms with Crippen LogP contribution in [0.4, 0.5) is 0 Å². The molecule has 1 aromatic heterocycles. The smallest absolute Gasteiger partial charge is 0.255 e. The number of benzene rings is 2. The summed E-state index contributed by atoms with van der Waals surface area (Å²) in [4.78, 5) is 19.0. The van der Waals surface area contributed by atoms with Crippen molar-refractivity contribution in [2.24, 2.45) is 5.73 Å². The first-order valence-corrected chi connectivity index (χ1v) is 10.1. The monoisotopic (exact) mass is 406 g/mol. The maximum Gasteiger partial charge on any atom is 0.255 e. The second-order valence-corrected chi connectivity index (χ2v) is 7.30. The van der Waals surface area contributed by atoms with E-state index in [2.05, 4.69) is 22.9 Å². The highest BCUT2D eigenvalue weighted by Crippen LogP contribution is 2.24. The van der Waals surface area contributed by atoms with Crippen LogP contribution >= 0.6 is 0 Å². The number of nitrogens with two attached hydrogens (primary N) is 1. The lowest BCUT2D eigenvalue weighted by Gasteiger charge is -2.27.